The van der Waals surface area contributed by atoms with E-state index in [1.54, 1.807) is 0 Å². The zero-order valence-corrected chi connectivity index (χ0v) is 17.1. The first kappa shape index (κ1) is 22.2. The number of ether oxygens (including phenoxy) is 1. The predicted octanol–water partition coefficient (Wildman–Crippen LogP) is 7.35. The van der Waals surface area contributed by atoms with Crippen LogP contribution in [-0.2, 0) is 11.3 Å². The molecule has 23 heavy (non-hydrogen) atoms. The molecule has 2 unspecified atom stereocenters. The van der Waals surface area contributed by atoms with Crippen molar-refractivity contribution in [1.82, 2.24) is 0 Å². The van der Waals surface area contributed by atoms with Crippen LogP contribution in [0.2, 0.25) is 0 Å². The van der Waals surface area contributed by atoms with Crippen molar-refractivity contribution in [2.45, 2.75) is 99.7 Å². The molecule has 0 aromatic heterocycles. The highest BCUT2D eigenvalue weighted by molar-refractivity contribution is 5.26. The summed E-state index contributed by atoms with van der Waals surface area (Å²) in [6.07, 6.45) is 3.37. The first-order chi connectivity index (χ1) is 10.7. The fraction of sp³-hybridized carbons (Fsp3) is 0.727. The molecule has 0 heterocycles. The molecule has 0 bridgehead atoms. The molecule has 1 nitrogen and oxygen atoms in total. The lowest BCUT2D eigenvalue weighted by atomic mass is 9.77. The van der Waals surface area contributed by atoms with Gasteiger partial charge in [-0.1, -0.05) is 86.1 Å². The van der Waals surface area contributed by atoms with Crippen molar-refractivity contribution in [2.24, 2.45) is 5.41 Å². The minimum absolute atomic E-state index is 0.0143. The molecule has 0 saturated carbocycles. The molecule has 0 N–H and O–H groups in total. The molecule has 0 aliphatic heterocycles. The van der Waals surface area contributed by atoms with Crippen molar-refractivity contribution in [3.8, 4) is 0 Å². The second-order valence-electron chi connectivity index (χ2n) is 7.67. The van der Waals surface area contributed by atoms with Gasteiger partial charge in [-0.15, -0.1) is 0 Å². The van der Waals surface area contributed by atoms with Crippen LogP contribution in [0.4, 0.5) is 0 Å². The zero-order valence-electron chi connectivity index (χ0n) is 17.1. The van der Waals surface area contributed by atoms with Crippen LogP contribution in [-0.4, -0.2) is 5.60 Å². The Kier molecular flexibility index (Phi) is 9.77. The van der Waals surface area contributed by atoms with Gasteiger partial charge in [0.15, 0.2) is 0 Å². The van der Waals surface area contributed by atoms with Gasteiger partial charge >= 0.3 is 0 Å². The summed E-state index contributed by atoms with van der Waals surface area (Å²) in [6, 6.07) is 8.91. The van der Waals surface area contributed by atoms with Gasteiger partial charge in [-0.05, 0) is 42.2 Å². The SMILES string of the molecule is CC.CCCC(C)(CC)OCc1cccc(C(C)C(C)(C)C)c1. The van der Waals surface area contributed by atoms with Crippen LogP contribution in [0.1, 0.15) is 98.6 Å². The Morgan fingerprint density at radius 3 is 2.13 bits per heavy atom. The molecule has 0 aliphatic rings. The Morgan fingerprint density at radius 1 is 1.04 bits per heavy atom. The van der Waals surface area contributed by atoms with Gasteiger partial charge in [-0.25, -0.2) is 0 Å². The van der Waals surface area contributed by atoms with Crippen molar-refractivity contribution in [1.29, 1.82) is 0 Å². The van der Waals surface area contributed by atoms with Crippen molar-refractivity contribution in [3.63, 3.8) is 0 Å². The molecule has 1 aromatic rings. The summed E-state index contributed by atoms with van der Waals surface area (Å²) in [6.45, 7) is 20.6. The summed E-state index contributed by atoms with van der Waals surface area (Å²) >= 11 is 0. The quantitative estimate of drug-likeness (QED) is 0.510. The average Bonchev–Trinajstić information content (AvgIpc) is 2.54. The van der Waals surface area contributed by atoms with Gasteiger partial charge in [-0.2, -0.15) is 0 Å². The molecule has 0 fully saturated rings. The van der Waals surface area contributed by atoms with E-state index in [4.69, 9.17) is 4.74 Å². The molecule has 0 amide bonds. The molecular formula is C22H40O. The number of hydrogen-bond acceptors (Lipinski definition) is 1. The maximum absolute atomic E-state index is 6.23. The van der Waals surface area contributed by atoms with E-state index in [9.17, 15) is 0 Å². The lowest BCUT2D eigenvalue weighted by Gasteiger charge is -2.30. The van der Waals surface area contributed by atoms with Crippen molar-refractivity contribution in [3.05, 3.63) is 35.4 Å². The maximum atomic E-state index is 6.23. The minimum Gasteiger partial charge on any atom is -0.371 e. The van der Waals surface area contributed by atoms with E-state index in [0.717, 1.165) is 19.4 Å². The van der Waals surface area contributed by atoms with Gasteiger partial charge in [0.05, 0.1) is 12.2 Å². The normalized spacial score (nSPS) is 15.3. The minimum atomic E-state index is 0.0143. The van der Waals surface area contributed by atoms with Crippen molar-refractivity contribution >= 4 is 0 Å². The molecule has 1 heteroatoms. The molecule has 0 saturated heterocycles. The molecule has 134 valence electrons. The van der Waals surface area contributed by atoms with Crippen LogP contribution in [0.25, 0.3) is 0 Å². The second kappa shape index (κ2) is 10.1. The molecule has 0 radical (unpaired) electrons. The lowest BCUT2D eigenvalue weighted by molar-refractivity contribution is -0.0519. The van der Waals surface area contributed by atoms with Gasteiger partial charge in [0.25, 0.3) is 0 Å². The molecule has 1 rings (SSSR count). The predicted molar refractivity (Wildman–Crippen MR) is 104 cm³/mol. The van der Waals surface area contributed by atoms with Crippen molar-refractivity contribution < 1.29 is 4.74 Å². The summed E-state index contributed by atoms with van der Waals surface area (Å²) in [5.41, 5.74) is 3.01. The Hall–Kier alpha value is -0.820. The molecule has 0 spiro atoms. The largest absolute Gasteiger partial charge is 0.371 e. The third-order valence-electron chi connectivity index (χ3n) is 4.86. The summed E-state index contributed by atoms with van der Waals surface area (Å²) in [4.78, 5) is 0. The maximum Gasteiger partial charge on any atom is 0.0724 e. The Labute approximate surface area is 145 Å². The Bertz CT molecular complexity index is 430. The van der Waals surface area contributed by atoms with Crippen molar-refractivity contribution in [2.75, 3.05) is 0 Å². The zero-order chi connectivity index (χ0) is 18.1. The summed E-state index contributed by atoms with van der Waals surface area (Å²) in [5, 5.41) is 0. The summed E-state index contributed by atoms with van der Waals surface area (Å²) < 4.78 is 6.23. The van der Waals surface area contributed by atoms with E-state index < -0.39 is 0 Å². The topological polar surface area (TPSA) is 9.23 Å². The highest BCUT2D eigenvalue weighted by atomic mass is 16.5. The standard InChI is InChI=1S/C20H34O.C2H6/c1-8-13-20(7,9-2)21-15-17-11-10-12-18(14-17)16(3)19(4,5)6;1-2/h10-12,14,16H,8-9,13,15H2,1-7H3;1-2H3. The smallest absolute Gasteiger partial charge is 0.0724 e. The molecule has 1 aromatic carbocycles. The van der Waals surface area contributed by atoms with Crippen LogP contribution < -0.4 is 0 Å². The van der Waals surface area contributed by atoms with Crippen LogP contribution >= 0.6 is 0 Å². The first-order valence-corrected chi connectivity index (χ1v) is 9.44. The van der Waals surface area contributed by atoms with Gasteiger partial charge in [0, 0.05) is 0 Å². The highest BCUT2D eigenvalue weighted by Crippen LogP contribution is 2.34. The third kappa shape index (κ3) is 7.52. The fourth-order valence-electron chi connectivity index (χ4n) is 2.59. The van der Waals surface area contributed by atoms with E-state index in [-0.39, 0.29) is 5.60 Å². The van der Waals surface area contributed by atoms with Gasteiger partial charge in [-0.3, -0.25) is 0 Å². The second-order valence-corrected chi connectivity index (χ2v) is 7.67. The number of benzene rings is 1. The van der Waals surface area contributed by atoms with E-state index in [1.807, 2.05) is 13.8 Å². The summed E-state index contributed by atoms with van der Waals surface area (Å²) in [5.74, 6) is 0.547. The van der Waals surface area contributed by atoms with Gasteiger partial charge in [0.2, 0.25) is 0 Å². The summed E-state index contributed by atoms with van der Waals surface area (Å²) in [7, 11) is 0. The highest BCUT2D eigenvalue weighted by Gasteiger charge is 2.23. The van der Waals surface area contributed by atoms with E-state index >= 15 is 0 Å². The molecule has 0 aliphatic carbocycles. The van der Waals surface area contributed by atoms with Gasteiger partial charge < -0.3 is 4.74 Å². The Morgan fingerprint density at radius 2 is 1.65 bits per heavy atom. The van der Waals surface area contributed by atoms with E-state index in [1.165, 1.54) is 17.5 Å². The fourth-order valence-corrected chi connectivity index (χ4v) is 2.59. The van der Waals surface area contributed by atoms with E-state index in [2.05, 4.69) is 72.7 Å². The Balaban J connectivity index is 0.00000232. The van der Waals surface area contributed by atoms with Gasteiger partial charge in [0.1, 0.15) is 0 Å². The van der Waals surface area contributed by atoms with E-state index in [0.29, 0.717) is 11.3 Å². The number of hydrogen-bond donors (Lipinski definition) is 0. The monoisotopic (exact) mass is 320 g/mol. The van der Waals surface area contributed by atoms with Crippen LogP contribution in [0.3, 0.4) is 0 Å². The lowest BCUT2D eigenvalue weighted by Crippen LogP contribution is -2.27. The third-order valence-corrected chi connectivity index (χ3v) is 4.86. The molecule has 2 atom stereocenters. The molecular weight excluding hydrogens is 280 g/mol. The number of rotatable bonds is 7. The van der Waals surface area contributed by atoms with Crippen LogP contribution in [0.15, 0.2) is 24.3 Å². The van der Waals surface area contributed by atoms with Crippen LogP contribution in [0.5, 0.6) is 0 Å². The van der Waals surface area contributed by atoms with Crippen LogP contribution in [0, 0.1) is 5.41 Å². The first-order valence-electron chi connectivity index (χ1n) is 9.44. The average molecular weight is 321 g/mol.